The van der Waals surface area contributed by atoms with Crippen LogP contribution in [0.2, 0.25) is 0 Å². The number of hydrogen-bond donors (Lipinski definition) is 2. The van der Waals surface area contributed by atoms with Gasteiger partial charge >= 0.3 is 6.09 Å². The van der Waals surface area contributed by atoms with E-state index in [0.29, 0.717) is 6.04 Å². The van der Waals surface area contributed by atoms with Crippen molar-refractivity contribution >= 4 is 17.9 Å². The quantitative estimate of drug-likeness (QED) is 0.142. The number of aliphatic hydroxyl groups excluding tert-OH is 1. The lowest BCUT2D eigenvalue weighted by atomic mass is 9.89. The lowest BCUT2D eigenvalue weighted by molar-refractivity contribution is -0.276. The first kappa shape index (κ1) is 39.9. The number of rotatable bonds is 13. The molecule has 0 radical (unpaired) electrons. The molecule has 8 rings (SSSR count). The first-order valence-corrected chi connectivity index (χ1v) is 20.8. The van der Waals surface area contributed by atoms with E-state index in [2.05, 4.69) is 34.2 Å². The third-order valence-electron chi connectivity index (χ3n) is 12.3. The number of nitrogens with zero attached hydrogens (tertiary/aromatic N) is 3. The van der Waals surface area contributed by atoms with Crippen molar-refractivity contribution in [3.05, 3.63) is 131 Å². The van der Waals surface area contributed by atoms with Crippen LogP contribution in [0.1, 0.15) is 79.2 Å². The van der Waals surface area contributed by atoms with Crippen molar-refractivity contribution in [1.82, 2.24) is 20.0 Å². The zero-order valence-electron chi connectivity index (χ0n) is 33.2. The summed E-state index contributed by atoms with van der Waals surface area (Å²) in [4.78, 5) is 45.5. The van der Waals surface area contributed by atoms with Gasteiger partial charge in [0.1, 0.15) is 12.6 Å². The molecule has 58 heavy (non-hydrogen) atoms. The summed E-state index contributed by atoms with van der Waals surface area (Å²) < 4.78 is 19.0. The number of nitrogens with one attached hydrogen (secondary N) is 1. The molecule has 4 aromatic carbocycles. The molecule has 3 amide bonds. The van der Waals surface area contributed by atoms with Crippen LogP contribution in [0, 0.1) is 5.92 Å². The van der Waals surface area contributed by atoms with Gasteiger partial charge in [0.2, 0.25) is 5.91 Å². The van der Waals surface area contributed by atoms with Gasteiger partial charge in [0.05, 0.1) is 31.8 Å². The number of benzene rings is 4. The first-order chi connectivity index (χ1) is 28.3. The predicted molar refractivity (Wildman–Crippen MR) is 219 cm³/mol. The Labute approximate surface area is 340 Å². The Bertz CT molecular complexity index is 2020. The van der Waals surface area contributed by atoms with E-state index in [0.717, 1.165) is 58.6 Å². The molecule has 4 fully saturated rings. The molecule has 11 nitrogen and oxygen atoms in total. The number of carbonyl (C=O) groups excluding carboxylic acids is 3. The molecule has 6 atom stereocenters. The average Bonchev–Trinajstić information content (AvgIpc) is 4.00. The SMILES string of the molecule is C[C@@H]1[C@H](CN2CCC[C@H]2CN2CCCC2)O[C@H](c2ccc(-c3ccccc3CN3C(=O)CC(NC(=O)OCc4ccccc4)C3=O)cc2)O[C@@H]1c1ccc(CO)cc1. The van der Waals surface area contributed by atoms with Crippen molar-refractivity contribution in [2.45, 2.75) is 89.4 Å². The van der Waals surface area contributed by atoms with E-state index in [1.807, 2.05) is 91.0 Å². The zero-order chi connectivity index (χ0) is 40.0. The summed E-state index contributed by atoms with van der Waals surface area (Å²) in [6.07, 6.45) is 3.30. The van der Waals surface area contributed by atoms with Crippen molar-refractivity contribution in [3.63, 3.8) is 0 Å². The highest BCUT2D eigenvalue weighted by molar-refractivity contribution is 6.06. The number of amides is 3. The lowest BCUT2D eigenvalue weighted by Crippen LogP contribution is -2.48. The van der Waals surface area contributed by atoms with E-state index in [1.165, 1.54) is 43.7 Å². The summed E-state index contributed by atoms with van der Waals surface area (Å²) in [6, 6.07) is 32.7. The van der Waals surface area contributed by atoms with Gasteiger partial charge in [-0.1, -0.05) is 110 Å². The molecule has 0 aromatic heterocycles. The molecule has 0 spiro atoms. The van der Waals surface area contributed by atoms with E-state index in [4.69, 9.17) is 14.2 Å². The number of carbonyl (C=O) groups is 3. The van der Waals surface area contributed by atoms with E-state index in [-0.39, 0.29) is 50.2 Å². The third-order valence-corrected chi connectivity index (χ3v) is 12.3. The smallest absolute Gasteiger partial charge is 0.408 e. The van der Waals surface area contributed by atoms with Crippen molar-refractivity contribution in [3.8, 4) is 11.1 Å². The van der Waals surface area contributed by atoms with Crippen LogP contribution in [0.5, 0.6) is 0 Å². The Morgan fingerprint density at radius 3 is 2.29 bits per heavy atom. The predicted octanol–water partition coefficient (Wildman–Crippen LogP) is 6.75. The number of aliphatic hydroxyl groups is 1. The Balaban J connectivity index is 0.960. The highest BCUT2D eigenvalue weighted by Crippen LogP contribution is 2.43. The van der Waals surface area contributed by atoms with Gasteiger partial charge in [0, 0.05) is 30.6 Å². The summed E-state index contributed by atoms with van der Waals surface area (Å²) >= 11 is 0. The molecule has 4 aliphatic rings. The summed E-state index contributed by atoms with van der Waals surface area (Å²) in [5, 5.41) is 12.3. The number of imide groups is 1. The van der Waals surface area contributed by atoms with Gasteiger partial charge in [-0.05, 0) is 78.7 Å². The molecule has 4 aromatic rings. The molecule has 0 saturated carbocycles. The van der Waals surface area contributed by atoms with Gasteiger partial charge in [0.25, 0.3) is 5.91 Å². The molecule has 0 bridgehead atoms. The Morgan fingerprint density at radius 1 is 0.810 bits per heavy atom. The number of alkyl carbamates (subject to hydrolysis) is 1. The van der Waals surface area contributed by atoms with Gasteiger partial charge in [-0.15, -0.1) is 0 Å². The molecule has 1 unspecified atom stereocenters. The Morgan fingerprint density at radius 2 is 1.53 bits per heavy atom. The van der Waals surface area contributed by atoms with Crippen LogP contribution in [-0.4, -0.2) is 88.6 Å². The van der Waals surface area contributed by atoms with Crippen LogP contribution in [0.25, 0.3) is 11.1 Å². The topological polar surface area (TPSA) is 121 Å². The summed E-state index contributed by atoms with van der Waals surface area (Å²) in [6.45, 7) is 7.80. The molecule has 304 valence electrons. The van der Waals surface area contributed by atoms with Crippen molar-refractivity contribution < 1.29 is 33.7 Å². The van der Waals surface area contributed by atoms with Crippen LogP contribution in [-0.2, 0) is 43.6 Å². The second kappa shape index (κ2) is 18.3. The van der Waals surface area contributed by atoms with Crippen LogP contribution in [0.3, 0.4) is 0 Å². The minimum absolute atomic E-state index is 0.00700. The zero-order valence-corrected chi connectivity index (χ0v) is 33.2. The van der Waals surface area contributed by atoms with Gasteiger partial charge in [0.15, 0.2) is 6.29 Å². The summed E-state index contributed by atoms with van der Waals surface area (Å²) in [5.41, 5.74) is 6.29. The minimum Gasteiger partial charge on any atom is -0.445 e. The number of ether oxygens (including phenoxy) is 3. The second-order valence-corrected chi connectivity index (χ2v) is 16.2. The first-order valence-electron chi connectivity index (χ1n) is 20.8. The van der Waals surface area contributed by atoms with E-state index >= 15 is 0 Å². The van der Waals surface area contributed by atoms with Crippen molar-refractivity contribution in [1.29, 1.82) is 0 Å². The standard InChI is InChI=1S/C47H54N4O7/c1-32-42(29-50-25-9-13-39(50)28-49-23-7-8-24-49)57-46(58-44(32)36-17-15-33(30-52)16-18-36)37-21-19-35(20-22-37)40-14-6-5-12-38(40)27-51-43(53)26-41(45(51)54)48-47(55)56-31-34-10-3-2-4-11-34/h2-6,10-12,14-22,32,39,41-42,44,46,52H,7-9,13,23-31H2,1H3,(H,48,55)/t32-,39+,41?,42+,44+,46+/m1/s1. The van der Waals surface area contributed by atoms with Gasteiger partial charge in [-0.25, -0.2) is 4.79 Å². The fraction of sp³-hybridized carbons (Fsp3) is 0.426. The maximum Gasteiger partial charge on any atom is 0.408 e. The lowest BCUT2D eigenvalue weighted by Gasteiger charge is -2.43. The van der Waals surface area contributed by atoms with Crippen molar-refractivity contribution in [2.24, 2.45) is 5.92 Å². The molecule has 0 aliphatic carbocycles. The van der Waals surface area contributed by atoms with Crippen molar-refractivity contribution in [2.75, 3.05) is 32.7 Å². The highest BCUT2D eigenvalue weighted by Gasteiger charge is 2.42. The fourth-order valence-corrected chi connectivity index (χ4v) is 8.96. The fourth-order valence-electron chi connectivity index (χ4n) is 8.96. The largest absolute Gasteiger partial charge is 0.445 e. The van der Waals surface area contributed by atoms with Crippen LogP contribution < -0.4 is 5.32 Å². The number of hydrogen-bond acceptors (Lipinski definition) is 9. The van der Waals surface area contributed by atoms with E-state index < -0.39 is 24.3 Å². The molecular formula is C47H54N4O7. The normalized spacial score (nSPS) is 25.4. The molecule has 2 N–H and O–H groups in total. The minimum atomic E-state index is -0.984. The van der Waals surface area contributed by atoms with Crippen LogP contribution in [0.4, 0.5) is 4.79 Å². The van der Waals surface area contributed by atoms with Gasteiger partial charge in [-0.2, -0.15) is 0 Å². The maximum atomic E-state index is 13.4. The number of likely N-dealkylation sites (tertiary alicyclic amines) is 3. The molecule has 11 heteroatoms. The highest BCUT2D eigenvalue weighted by atomic mass is 16.7. The summed E-state index contributed by atoms with van der Waals surface area (Å²) in [7, 11) is 0. The van der Waals surface area contributed by atoms with E-state index in [9.17, 15) is 19.5 Å². The Kier molecular flexibility index (Phi) is 12.6. The van der Waals surface area contributed by atoms with Gasteiger partial charge in [-0.3, -0.25) is 19.4 Å². The maximum absolute atomic E-state index is 13.4. The van der Waals surface area contributed by atoms with E-state index in [1.54, 1.807) is 0 Å². The monoisotopic (exact) mass is 786 g/mol. The third kappa shape index (κ3) is 9.19. The average molecular weight is 787 g/mol. The second-order valence-electron chi connectivity index (χ2n) is 16.2. The summed E-state index contributed by atoms with van der Waals surface area (Å²) in [5.74, 6) is -0.712. The Hall–Kier alpha value is -4.91. The van der Waals surface area contributed by atoms with Gasteiger partial charge < -0.3 is 29.5 Å². The molecular weight excluding hydrogens is 733 g/mol. The van der Waals surface area contributed by atoms with Crippen LogP contribution >= 0.6 is 0 Å². The molecule has 4 heterocycles. The molecule has 4 aliphatic heterocycles. The van der Waals surface area contributed by atoms with Crippen LogP contribution in [0.15, 0.2) is 103 Å². The molecule has 4 saturated heterocycles.